The number of hydrogen-bond acceptors (Lipinski definition) is 7. The van der Waals surface area contributed by atoms with Crippen molar-refractivity contribution in [1.29, 1.82) is 0 Å². The molecule has 0 saturated heterocycles. The van der Waals surface area contributed by atoms with Crippen LogP contribution in [0.4, 0.5) is 0 Å². The minimum atomic E-state index is -0.141. The normalized spacial score (nSPS) is 12.7. The van der Waals surface area contributed by atoms with Gasteiger partial charge in [-0.3, -0.25) is 15.7 Å². The number of nitrogens with two attached hydrogens (primary N) is 1. The predicted octanol–water partition coefficient (Wildman–Crippen LogP) is 0.941. The van der Waals surface area contributed by atoms with Gasteiger partial charge in [0.2, 0.25) is 5.88 Å². The van der Waals surface area contributed by atoms with E-state index in [0.29, 0.717) is 12.3 Å². The largest absolute Gasteiger partial charge is 0.480 e. The predicted molar refractivity (Wildman–Crippen MR) is 75.4 cm³/mol. The van der Waals surface area contributed by atoms with Crippen molar-refractivity contribution < 1.29 is 4.74 Å². The Morgan fingerprint density at radius 1 is 1.45 bits per heavy atom. The molecule has 0 aliphatic carbocycles. The summed E-state index contributed by atoms with van der Waals surface area (Å²) in [7, 11) is 1.56. The van der Waals surface area contributed by atoms with Crippen molar-refractivity contribution in [3.8, 4) is 5.88 Å². The van der Waals surface area contributed by atoms with Gasteiger partial charge in [0, 0.05) is 30.3 Å². The van der Waals surface area contributed by atoms with Crippen molar-refractivity contribution in [2.45, 2.75) is 12.5 Å². The molecule has 7 nitrogen and oxygen atoms in total. The zero-order valence-electron chi connectivity index (χ0n) is 10.9. The maximum Gasteiger partial charge on any atom is 0.233 e. The monoisotopic (exact) mass is 290 g/mol. The van der Waals surface area contributed by atoms with E-state index in [2.05, 4.69) is 20.6 Å². The standard InChI is InChI=1S/C12H14N6OS/c1-19-11-3-2-9(16-17-11)10(15-13)6-8-7-18-4-5-20-12(18)14-8/h2-5,7,10,15H,6,13H2,1H3. The Kier molecular flexibility index (Phi) is 3.59. The second kappa shape index (κ2) is 5.53. The quantitative estimate of drug-likeness (QED) is 0.537. The average Bonchev–Trinajstić information content (AvgIpc) is 3.06. The molecule has 3 aromatic rings. The van der Waals surface area contributed by atoms with E-state index in [-0.39, 0.29) is 6.04 Å². The Morgan fingerprint density at radius 3 is 3.00 bits per heavy atom. The second-order valence-corrected chi connectivity index (χ2v) is 5.12. The van der Waals surface area contributed by atoms with Crippen molar-refractivity contribution in [2.24, 2.45) is 5.84 Å². The summed E-state index contributed by atoms with van der Waals surface area (Å²) < 4.78 is 6.98. The van der Waals surface area contributed by atoms with Gasteiger partial charge in [-0.15, -0.1) is 16.4 Å². The molecule has 1 unspecified atom stereocenters. The number of ether oxygens (including phenoxy) is 1. The number of thiazole rings is 1. The number of aromatic nitrogens is 4. The molecule has 104 valence electrons. The molecule has 0 bridgehead atoms. The third-order valence-corrected chi connectivity index (χ3v) is 3.76. The zero-order valence-corrected chi connectivity index (χ0v) is 11.7. The summed E-state index contributed by atoms with van der Waals surface area (Å²) in [6, 6.07) is 3.46. The number of fused-ring (bicyclic) bond motifs is 1. The SMILES string of the molecule is COc1ccc(C(Cc2cn3ccsc3n2)NN)nn1. The van der Waals surface area contributed by atoms with Gasteiger partial charge < -0.3 is 4.74 Å². The van der Waals surface area contributed by atoms with E-state index in [1.165, 1.54) is 0 Å². The fourth-order valence-corrected chi connectivity index (χ4v) is 2.68. The van der Waals surface area contributed by atoms with Crippen LogP contribution in [0.1, 0.15) is 17.4 Å². The van der Waals surface area contributed by atoms with E-state index >= 15 is 0 Å². The first-order valence-electron chi connectivity index (χ1n) is 6.05. The number of hydrazine groups is 1. The molecule has 1 atom stereocenters. The van der Waals surface area contributed by atoms with Crippen LogP contribution >= 0.6 is 11.3 Å². The van der Waals surface area contributed by atoms with Crippen LogP contribution in [0.5, 0.6) is 5.88 Å². The van der Waals surface area contributed by atoms with E-state index in [4.69, 9.17) is 10.6 Å². The van der Waals surface area contributed by atoms with Crippen molar-refractivity contribution >= 4 is 16.3 Å². The fourth-order valence-electron chi connectivity index (χ4n) is 1.96. The molecular weight excluding hydrogens is 276 g/mol. The lowest BCUT2D eigenvalue weighted by atomic mass is 10.1. The van der Waals surface area contributed by atoms with Crippen LogP contribution < -0.4 is 16.0 Å². The Hall–Kier alpha value is -2.03. The van der Waals surface area contributed by atoms with E-state index in [9.17, 15) is 0 Å². The number of rotatable bonds is 5. The van der Waals surface area contributed by atoms with Crippen molar-refractivity contribution in [2.75, 3.05) is 7.11 Å². The van der Waals surface area contributed by atoms with Gasteiger partial charge in [-0.1, -0.05) is 0 Å². The van der Waals surface area contributed by atoms with Gasteiger partial charge in [-0.05, 0) is 6.07 Å². The first kappa shape index (κ1) is 13.0. The Morgan fingerprint density at radius 2 is 2.35 bits per heavy atom. The van der Waals surface area contributed by atoms with Gasteiger partial charge in [0.1, 0.15) is 0 Å². The van der Waals surface area contributed by atoms with Crippen LogP contribution in [-0.2, 0) is 6.42 Å². The highest BCUT2D eigenvalue weighted by atomic mass is 32.1. The maximum absolute atomic E-state index is 5.61. The van der Waals surface area contributed by atoms with Gasteiger partial charge in [0.15, 0.2) is 4.96 Å². The van der Waals surface area contributed by atoms with Crippen LogP contribution in [0.15, 0.2) is 29.9 Å². The number of imidazole rings is 1. The van der Waals surface area contributed by atoms with Gasteiger partial charge in [-0.2, -0.15) is 5.10 Å². The maximum atomic E-state index is 5.61. The summed E-state index contributed by atoms with van der Waals surface area (Å²) in [5, 5.41) is 10.1. The molecular formula is C12H14N6OS. The number of hydrogen-bond donors (Lipinski definition) is 2. The summed E-state index contributed by atoms with van der Waals surface area (Å²) in [6.45, 7) is 0. The molecule has 0 aliphatic heterocycles. The smallest absolute Gasteiger partial charge is 0.233 e. The van der Waals surface area contributed by atoms with Gasteiger partial charge in [0.05, 0.1) is 24.5 Å². The third-order valence-electron chi connectivity index (χ3n) is 2.98. The van der Waals surface area contributed by atoms with Crippen LogP contribution in [0.2, 0.25) is 0 Å². The minimum absolute atomic E-state index is 0.141. The van der Waals surface area contributed by atoms with Gasteiger partial charge >= 0.3 is 0 Å². The highest BCUT2D eigenvalue weighted by Crippen LogP contribution is 2.18. The summed E-state index contributed by atoms with van der Waals surface area (Å²) in [5.74, 6) is 6.09. The molecule has 0 aliphatic rings. The highest BCUT2D eigenvalue weighted by molar-refractivity contribution is 7.15. The molecule has 0 fully saturated rings. The van der Waals surface area contributed by atoms with Crippen LogP contribution in [0.25, 0.3) is 4.96 Å². The Balaban J connectivity index is 1.80. The minimum Gasteiger partial charge on any atom is -0.480 e. The molecule has 0 amide bonds. The van der Waals surface area contributed by atoms with Crippen LogP contribution in [0.3, 0.4) is 0 Å². The van der Waals surface area contributed by atoms with Crippen LogP contribution in [-0.4, -0.2) is 26.7 Å². The molecule has 3 rings (SSSR count). The fraction of sp³-hybridized carbons (Fsp3) is 0.250. The van der Waals surface area contributed by atoms with E-state index in [1.54, 1.807) is 24.5 Å². The number of methoxy groups -OCH3 is 1. The highest BCUT2D eigenvalue weighted by Gasteiger charge is 2.15. The summed E-state index contributed by atoms with van der Waals surface area (Å²) in [5.41, 5.74) is 4.46. The molecule has 20 heavy (non-hydrogen) atoms. The van der Waals surface area contributed by atoms with Crippen molar-refractivity contribution in [3.05, 3.63) is 41.3 Å². The molecule has 0 spiro atoms. The molecule has 3 aromatic heterocycles. The summed E-state index contributed by atoms with van der Waals surface area (Å²) in [6.07, 6.45) is 4.62. The lowest BCUT2D eigenvalue weighted by Crippen LogP contribution is -2.30. The van der Waals surface area contributed by atoms with Crippen LogP contribution in [0, 0.1) is 0 Å². The Bertz CT molecular complexity index is 663. The summed E-state index contributed by atoms with van der Waals surface area (Å²) >= 11 is 1.60. The van der Waals surface area contributed by atoms with E-state index in [1.807, 2.05) is 28.2 Å². The van der Waals surface area contributed by atoms with E-state index in [0.717, 1.165) is 16.3 Å². The Labute approximate surface area is 119 Å². The first-order valence-corrected chi connectivity index (χ1v) is 6.93. The number of nitrogens with zero attached hydrogens (tertiary/aromatic N) is 4. The summed E-state index contributed by atoms with van der Waals surface area (Å²) in [4.78, 5) is 5.50. The van der Waals surface area contributed by atoms with Crippen molar-refractivity contribution in [1.82, 2.24) is 25.0 Å². The zero-order chi connectivity index (χ0) is 13.9. The van der Waals surface area contributed by atoms with E-state index < -0.39 is 0 Å². The topological polar surface area (TPSA) is 90.4 Å². The van der Waals surface area contributed by atoms with Gasteiger partial charge in [0.25, 0.3) is 0 Å². The molecule has 0 radical (unpaired) electrons. The van der Waals surface area contributed by atoms with Crippen molar-refractivity contribution in [3.63, 3.8) is 0 Å². The first-order chi connectivity index (χ1) is 9.80. The van der Waals surface area contributed by atoms with Gasteiger partial charge in [-0.25, -0.2) is 4.98 Å². The lowest BCUT2D eigenvalue weighted by Gasteiger charge is -2.13. The second-order valence-electron chi connectivity index (χ2n) is 4.25. The molecule has 0 saturated carbocycles. The molecule has 3 heterocycles. The third kappa shape index (κ3) is 2.48. The molecule has 8 heteroatoms. The molecule has 3 N–H and O–H groups in total. The number of nitrogens with one attached hydrogen (secondary N) is 1. The lowest BCUT2D eigenvalue weighted by molar-refractivity contribution is 0.389. The average molecular weight is 290 g/mol. The molecule has 0 aromatic carbocycles.